The number of guanidine groups is 1. The van der Waals surface area contributed by atoms with Crippen molar-refractivity contribution in [2.24, 2.45) is 18.0 Å². The van der Waals surface area contributed by atoms with Gasteiger partial charge in [-0.15, -0.1) is 34.2 Å². The number of piperidine rings is 1. The fourth-order valence-corrected chi connectivity index (χ4v) is 3.82. The molecular weight excluding hydrogens is 481 g/mol. The molecule has 0 aromatic carbocycles. The van der Waals surface area contributed by atoms with Crippen molar-refractivity contribution in [3.05, 3.63) is 11.6 Å². The van der Waals surface area contributed by atoms with Crippen molar-refractivity contribution in [1.82, 2.24) is 30.3 Å². The molecular formula is C20H38IN7O. The molecule has 1 unspecified atom stereocenters. The maximum Gasteiger partial charge on any atom is 0.191 e. The number of unbranched alkanes of at least 4 members (excludes halogenated alkanes) is 1. The second-order valence-corrected chi connectivity index (χ2v) is 8.12. The van der Waals surface area contributed by atoms with Gasteiger partial charge in [0.2, 0.25) is 0 Å². The van der Waals surface area contributed by atoms with Gasteiger partial charge in [0, 0.05) is 45.9 Å². The summed E-state index contributed by atoms with van der Waals surface area (Å²) in [7, 11) is 1.99. The molecule has 0 spiro atoms. The van der Waals surface area contributed by atoms with Crippen LogP contribution < -0.4 is 10.6 Å². The van der Waals surface area contributed by atoms with Crippen molar-refractivity contribution in [3.63, 3.8) is 0 Å². The topological polar surface area (TPSA) is 79.6 Å². The number of aromatic nitrogens is 3. The van der Waals surface area contributed by atoms with Crippen molar-refractivity contribution in [2.45, 2.75) is 58.5 Å². The van der Waals surface area contributed by atoms with Gasteiger partial charge in [-0.25, -0.2) is 4.99 Å². The van der Waals surface area contributed by atoms with E-state index in [1.165, 1.54) is 19.4 Å². The lowest BCUT2D eigenvalue weighted by molar-refractivity contribution is 0.150. The Hall–Kier alpha value is -0.940. The van der Waals surface area contributed by atoms with Crippen LogP contribution in [0.3, 0.4) is 0 Å². The van der Waals surface area contributed by atoms with Gasteiger partial charge in [-0.1, -0.05) is 13.3 Å². The molecule has 29 heavy (non-hydrogen) atoms. The molecule has 0 aliphatic carbocycles. The van der Waals surface area contributed by atoms with Gasteiger partial charge in [0.25, 0.3) is 0 Å². The van der Waals surface area contributed by atoms with Gasteiger partial charge in [0.1, 0.15) is 12.4 Å². The molecule has 0 bridgehead atoms. The Bertz CT molecular complexity index is 622. The predicted octanol–water partition coefficient (Wildman–Crippen LogP) is 2.08. The summed E-state index contributed by atoms with van der Waals surface area (Å²) in [5.74, 6) is 3.44. The Morgan fingerprint density at radius 1 is 1.24 bits per heavy atom. The molecule has 3 rings (SSSR count). The SMILES string of the molecule is CCCCNC(=NCc1nnc(C)n1C)NC1CCN(CC2CCOC2)CC1.I. The monoisotopic (exact) mass is 519 g/mol. The van der Waals surface area contributed by atoms with Crippen LogP contribution in [0.2, 0.25) is 0 Å². The highest BCUT2D eigenvalue weighted by molar-refractivity contribution is 14.0. The maximum absolute atomic E-state index is 5.52. The minimum atomic E-state index is 0. The molecule has 2 fully saturated rings. The van der Waals surface area contributed by atoms with Crippen molar-refractivity contribution in [1.29, 1.82) is 0 Å². The van der Waals surface area contributed by atoms with E-state index in [2.05, 4.69) is 32.7 Å². The minimum Gasteiger partial charge on any atom is -0.381 e. The highest BCUT2D eigenvalue weighted by atomic mass is 127. The average molecular weight is 519 g/mol. The van der Waals surface area contributed by atoms with E-state index in [4.69, 9.17) is 9.73 Å². The van der Waals surface area contributed by atoms with E-state index in [1.807, 2.05) is 18.5 Å². The third kappa shape index (κ3) is 7.67. The number of rotatable bonds is 8. The van der Waals surface area contributed by atoms with Crippen molar-refractivity contribution in [3.8, 4) is 0 Å². The zero-order valence-electron chi connectivity index (χ0n) is 18.2. The molecule has 1 atom stereocenters. The summed E-state index contributed by atoms with van der Waals surface area (Å²) in [5, 5.41) is 15.5. The van der Waals surface area contributed by atoms with Crippen LogP contribution in [0, 0.1) is 12.8 Å². The molecule has 3 heterocycles. The van der Waals surface area contributed by atoms with Crippen LogP contribution in [0.5, 0.6) is 0 Å². The molecule has 8 nitrogen and oxygen atoms in total. The quantitative estimate of drug-likeness (QED) is 0.237. The van der Waals surface area contributed by atoms with Crippen LogP contribution in [-0.4, -0.2) is 71.1 Å². The first-order valence-corrected chi connectivity index (χ1v) is 10.9. The van der Waals surface area contributed by atoms with Crippen LogP contribution >= 0.6 is 24.0 Å². The Balaban J connectivity index is 0.00000300. The maximum atomic E-state index is 5.52. The first-order chi connectivity index (χ1) is 13.7. The summed E-state index contributed by atoms with van der Waals surface area (Å²) in [6.07, 6.45) is 5.85. The lowest BCUT2D eigenvalue weighted by Gasteiger charge is -2.34. The zero-order chi connectivity index (χ0) is 19.8. The fraction of sp³-hybridized carbons (Fsp3) is 0.850. The van der Waals surface area contributed by atoms with E-state index in [0.717, 1.165) is 75.6 Å². The van der Waals surface area contributed by atoms with E-state index in [1.54, 1.807) is 0 Å². The van der Waals surface area contributed by atoms with Crippen LogP contribution in [-0.2, 0) is 18.3 Å². The smallest absolute Gasteiger partial charge is 0.191 e. The average Bonchev–Trinajstić information content (AvgIpc) is 3.32. The normalized spacial score (nSPS) is 21.2. The molecule has 2 aliphatic rings. The molecule has 9 heteroatoms. The van der Waals surface area contributed by atoms with Gasteiger partial charge in [0.05, 0.1) is 6.61 Å². The third-order valence-corrected chi connectivity index (χ3v) is 5.85. The summed E-state index contributed by atoms with van der Waals surface area (Å²) in [4.78, 5) is 7.38. The third-order valence-electron chi connectivity index (χ3n) is 5.85. The number of hydrogen-bond acceptors (Lipinski definition) is 5. The number of ether oxygens (including phenoxy) is 1. The number of hydrogen-bond donors (Lipinski definition) is 2. The summed E-state index contributed by atoms with van der Waals surface area (Å²) in [5.41, 5.74) is 0. The first-order valence-electron chi connectivity index (χ1n) is 10.9. The van der Waals surface area contributed by atoms with Crippen LogP contribution in [0.1, 0.15) is 50.7 Å². The van der Waals surface area contributed by atoms with E-state index in [9.17, 15) is 0 Å². The summed E-state index contributed by atoms with van der Waals surface area (Å²) >= 11 is 0. The highest BCUT2D eigenvalue weighted by Crippen LogP contribution is 2.17. The summed E-state index contributed by atoms with van der Waals surface area (Å²) < 4.78 is 7.52. The van der Waals surface area contributed by atoms with Gasteiger partial charge in [-0.05, 0) is 38.5 Å². The molecule has 0 radical (unpaired) electrons. The van der Waals surface area contributed by atoms with Gasteiger partial charge >= 0.3 is 0 Å². The Morgan fingerprint density at radius 3 is 2.66 bits per heavy atom. The van der Waals surface area contributed by atoms with Crippen molar-refractivity contribution >= 4 is 29.9 Å². The van der Waals surface area contributed by atoms with E-state index in [-0.39, 0.29) is 24.0 Å². The number of aliphatic imine (C=N–C) groups is 1. The molecule has 2 aliphatic heterocycles. The predicted molar refractivity (Wildman–Crippen MR) is 127 cm³/mol. The lowest BCUT2D eigenvalue weighted by atomic mass is 10.0. The van der Waals surface area contributed by atoms with Gasteiger partial charge in [-0.2, -0.15) is 0 Å². The number of halogens is 1. The van der Waals surface area contributed by atoms with Gasteiger partial charge < -0.3 is 24.8 Å². The van der Waals surface area contributed by atoms with Gasteiger partial charge in [0.15, 0.2) is 11.8 Å². The fourth-order valence-electron chi connectivity index (χ4n) is 3.82. The summed E-state index contributed by atoms with van der Waals surface area (Å²) in [6, 6.07) is 0.477. The van der Waals surface area contributed by atoms with E-state index >= 15 is 0 Å². The Morgan fingerprint density at radius 2 is 2.03 bits per heavy atom. The molecule has 2 saturated heterocycles. The van der Waals surface area contributed by atoms with Gasteiger partial charge in [-0.3, -0.25) is 0 Å². The molecule has 0 amide bonds. The molecule has 1 aromatic heterocycles. The standard InChI is InChI=1S/C20H37N7O.HI/c1-4-5-9-21-20(22-13-19-25-24-16(2)26(19)3)23-18-6-10-27(11-7-18)14-17-8-12-28-15-17;/h17-18H,4-15H2,1-3H3,(H2,21,22,23);1H. The molecule has 166 valence electrons. The van der Waals surface area contributed by atoms with Crippen molar-refractivity contribution < 1.29 is 4.74 Å². The second kappa shape index (κ2) is 12.7. The molecule has 2 N–H and O–H groups in total. The van der Waals surface area contributed by atoms with E-state index < -0.39 is 0 Å². The minimum absolute atomic E-state index is 0. The zero-order valence-corrected chi connectivity index (χ0v) is 20.5. The van der Waals surface area contributed by atoms with Crippen molar-refractivity contribution in [2.75, 3.05) is 39.4 Å². The largest absolute Gasteiger partial charge is 0.381 e. The molecule has 1 aromatic rings. The highest BCUT2D eigenvalue weighted by Gasteiger charge is 2.24. The lowest BCUT2D eigenvalue weighted by Crippen LogP contribution is -2.49. The molecule has 0 saturated carbocycles. The number of nitrogens with one attached hydrogen (secondary N) is 2. The number of aryl methyl sites for hydroxylation is 1. The Labute approximate surface area is 192 Å². The second-order valence-electron chi connectivity index (χ2n) is 8.12. The van der Waals surface area contributed by atoms with Crippen LogP contribution in [0.25, 0.3) is 0 Å². The number of likely N-dealkylation sites (tertiary alicyclic amines) is 1. The van der Waals surface area contributed by atoms with Crippen LogP contribution in [0.15, 0.2) is 4.99 Å². The van der Waals surface area contributed by atoms with E-state index in [0.29, 0.717) is 12.6 Å². The summed E-state index contributed by atoms with van der Waals surface area (Å²) in [6.45, 7) is 11.0. The van der Waals surface area contributed by atoms with Crippen LogP contribution in [0.4, 0.5) is 0 Å². The number of nitrogens with zero attached hydrogens (tertiary/aromatic N) is 5. The Kier molecular flexibility index (Phi) is 10.6. The first kappa shape index (κ1) is 24.3.